The molecule has 0 atom stereocenters. The van der Waals surface area contributed by atoms with Gasteiger partial charge < -0.3 is 11.1 Å². The van der Waals surface area contributed by atoms with Crippen molar-refractivity contribution in [3.63, 3.8) is 0 Å². The highest BCUT2D eigenvalue weighted by atomic mass is 32.1. The van der Waals surface area contributed by atoms with Gasteiger partial charge in [0.1, 0.15) is 0 Å². The summed E-state index contributed by atoms with van der Waals surface area (Å²) in [5.41, 5.74) is 9.41. The van der Waals surface area contributed by atoms with E-state index in [0.29, 0.717) is 0 Å². The molecule has 0 aliphatic carbocycles. The Bertz CT molecular complexity index is 583. The molecule has 0 amide bonds. The van der Waals surface area contributed by atoms with E-state index in [9.17, 15) is 0 Å². The second-order valence-corrected chi connectivity index (χ2v) is 5.69. The standard InChI is InChI=1S/C14H16N2S/c1-9(15)7-13-11-8-16-6-5-10-3-2-4-12(17-13)14(10)11/h2-4,16H,1,5-8,15H2. The summed E-state index contributed by atoms with van der Waals surface area (Å²) in [6.45, 7) is 5.84. The topological polar surface area (TPSA) is 38.0 Å². The first-order valence-electron chi connectivity index (χ1n) is 5.92. The van der Waals surface area contributed by atoms with E-state index in [0.717, 1.165) is 31.6 Å². The summed E-state index contributed by atoms with van der Waals surface area (Å²) in [6.07, 6.45) is 1.92. The summed E-state index contributed by atoms with van der Waals surface area (Å²) in [7, 11) is 0. The van der Waals surface area contributed by atoms with Crippen LogP contribution in [0.15, 0.2) is 30.5 Å². The van der Waals surface area contributed by atoms with Crippen LogP contribution < -0.4 is 11.1 Å². The average Bonchev–Trinajstić information content (AvgIpc) is 2.49. The van der Waals surface area contributed by atoms with Crippen LogP contribution >= 0.6 is 11.3 Å². The average molecular weight is 244 g/mol. The number of thiophene rings is 1. The first-order valence-corrected chi connectivity index (χ1v) is 6.73. The fourth-order valence-corrected chi connectivity index (χ4v) is 3.84. The van der Waals surface area contributed by atoms with Gasteiger partial charge in [0.2, 0.25) is 0 Å². The highest BCUT2D eigenvalue weighted by molar-refractivity contribution is 7.19. The molecule has 1 aliphatic heterocycles. The third-order valence-corrected chi connectivity index (χ3v) is 4.44. The normalized spacial score (nSPS) is 14.8. The first kappa shape index (κ1) is 10.8. The molecule has 0 spiro atoms. The number of allylic oxidation sites excluding steroid dienone is 1. The van der Waals surface area contributed by atoms with Crippen molar-refractivity contribution < 1.29 is 0 Å². The minimum atomic E-state index is 0.749. The van der Waals surface area contributed by atoms with E-state index in [1.54, 1.807) is 0 Å². The third kappa shape index (κ3) is 1.85. The molecule has 17 heavy (non-hydrogen) atoms. The lowest BCUT2D eigenvalue weighted by atomic mass is 10.0. The number of rotatable bonds is 2. The van der Waals surface area contributed by atoms with Gasteiger partial charge in [0.05, 0.1) is 0 Å². The first-order chi connectivity index (χ1) is 8.25. The zero-order valence-corrected chi connectivity index (χ0v) is 10.6. The van der Waals surface area contributed by atoms with E-state index >= 15 is 0 Å². The monoisotopic (exact) mass is 244 g/mol. The molecule has 3 rings (SSSR count). The lowest BCUT2D eigenvalue weighted by molar-refractivity contribution is 0.700. The second kappa shape index (κ2) is 4.17. The lowest BCUT2D eigenvalue weighted by Crippen LogP contribution is -2.14. The number of hydrogen-bond donors (Lipinski definition) is 2. The molecule has 1 aromatic carbocycles. The van der Waals surface area contributed by atoms with E-state index in [2.05, 4.69) is 30.1 Å². The number of nitrogens with one attached hydrogen (secondary N) is 1. The minimum absolute atomic E-state index is 0.749. The summed E-state index contributed by atoms with van der Waals surface area (Å²) < 4.78 is 1.39. The van der Waals surface area contributed by atoms with Crippen LogP contribution in [0.3, 0.4) is 0 Å². The maximum atomic E-state index is 5.76. The van der Waals surface area contributed by atoms with E-state index in [1.807, 2.05) is 11.3 Å². The third-order valence-electron chi connectivity index (χ3n) is 3.24. The molecule has 2 nitrogen and oxygen atoms in total. The summed E-state index contributed by atoms with van der Waals surface area (Å²) >= 11 is 1.86. The van der Waals surface area contributed by atoms with Gasteiger partial charge >= 0.3 is 0 Å². The molecule has 0 radical (unpaired) electrons. The molecule has 0 unspecified atom stereocenters. The van der Waals surface area contributed by atoms with E-state index in [4.69, 9.17) is 5.73 Å². The van der Waals surface area contributed by atoms with E-state index < -0.39 is 0 Å². The molecule has 0 saturated carbocycles. The van der Waals surface area contributed by atoms with Crippen LogP contribution in [0.4, 0.5) is 0 Å². The SMILES string of the molecule is C=C(N)Cc1sc2cccc3c2c1CNCC3. The van der Waals surface area contributed by atoms with Crippen molar-refractivity contribution in [2.24, 2.45) is 5.73 Å². The second-order valence-electron chi connectivity index (χ2n) is 4.56. The van der Waals surface area contributed by atoms with Crippen molar-refractivity contribution >= 4 is 21.4 Å². The molecule has 1 aromatic heterocycles. The number of benzene rings is 1. The Morgan fingerprint density at radius 3 is 3.18 bits per heavy atom. The molecule has 0 fully saturated rings. The largest absolute Gasteiger partial charge is 0.402 e. The van der Waals surface area contributed by atoms with Crippen LogP contribution in [0.2, 0.25) is 0 Å². The van der Waals surface area contributed by atoms with Gasteiger partial charge in [-0.3, -0.25) is 0 Å². The number of hydrogen-bond acceptors (Lipinski definition) is 3. The van der Waals surface area contributed by atoms with Crippen molar-refractivity contribution in [1.29, 1.82) is 0 Å². The van der Waals surface area contributed by atoms with Gasteiger partial charge in [-0.1, -0.05) is 18.7 Å². The molecule has 88 valence electrons. The zero-order valence-electron chi connectivity index (χ0n) is 9.75. The maximum Gasteiger partial charge on any atom is 0.0351 e. The minimum Gasteiger partial charge on any atom is -0.402 e. The molecular formula is C14H16N2S. The van der Waals surface area contributed by atoms with Crippen molar-refractivity contribution in [2.45, 2.75) is 19.4 Å². The molecular weight excluding hydrogens is 228 g/mol. The van der Waals surface area contributed by atoms with Gasteiger partial charge in [-0.25, -0.2) is 0 Å². The van der Waals surface area contributed by atoms with Gasteiger partial charge in [-0.15, -0.1) is 11.3 Å². The van der Waals surface area contributed by atoms with E-state index in [-0.39, 0.29) is 0 Å². The smallest absolute Gasteiger partial charge is 0.0351 e. The predicted molar refractivity (Wildman–Crippen MR) is 74.3 cm³/mol. The van der Waals surface area contributed by atoms with Crippen LogP contribution in [0.25, 0.3) is 10.1 Å². The van der Waals surface area contributed by atoms with Gasteiger partial charge in [-0.2, -0.15) is 0 Å². The van der Waals surface area contributed by atoms with Crippen molar-refractivity contribution in [3.05, 3.63) is 46.5 Å². The summed E-state index contributed by atoms with van der Waals surface area (Å²) in [5.74, 6) is 0. The molecule has 3 heteroatoms. The zero-order chi connectivity index (χ0) is 11.8. The molecule has 0 saturated heterocycles. The van der Waals surface area contributed by atoms with Crippen LogP contribution in [0.5, 0.6) is 0 Å². The Labute approximate surface area is 105 Å². The van der Waals surface area contributed by atoms with Gasteiger partial charge in [-0.05, 0) is 30.2 Å². The highest BCUT2D eigenvalue weighted by Gasteiger charge is 2.17. The van der Waals surface area contributed by atoms with Crippen molar-refractivity contribution in [1.82, 2.24) is 5.32 Å². The summed E-state index contributed by atoms with van der Waals surface area (Å²) in [4.78, 5) is 1.37. The number of nitrogens with two attached hydrogens (primary N) is 1. The van der Waals surface area contributed by atoms with Crippen LogP contribution in [-0.2, 0) is 19.4 Å². The summed E-state index contributed by atoms with van der Waals surface area (Å²) in [5, 5.41) is 4.95. The fourth-order valence-electron chi connectivity index (χ4n) is 2.52. The molecule has 3 N–H and O–H groups in total. The van der Waals surface area contributed by atoms with Crippen molar-refractivity contribution in [3.8, 4) is 0 Å². The Kier molecular flexibility index (Phi) is 2.65. The van der Waals surface area contributed by atoms with Crippen LogP contribution in [-0.4, -0.2) is 6.54 Å². The maximum absolute atomic E-state index is 5.76. The predicted octanol–water partition coefficient (Wildman–Crippen LogP) is 2.56. The Balaban J connectivity index is 2.23. The molecule has 2 heterocycles. The molecule has 2 aromatic rings. The van der Waals surface area contributed by atoms with Gasteiger partial charge in [0.25, 0.3) is 0 Å². The Morgan fingerprint density at radius 1 is 1.47 bits per heavy atom. The summed E-state index contributed by atoms with van der Waals surface area (Å²) in [6, 6.07) is 6.61. The Morgan fingerprint density at radius 2 is 2.35 bits per heavy atom. The molecule has 0 bridgehead atoms. The fraction of sp³-hybridized carbons (Fsp3) is 0.286. The van der Waals surface area contributed by atoms with E-state index in [1.165, 1.54) is 26.1 Å². The highest BCUT2D eigenvalue weighted by Crippen LogP contribution is 2.35. The molecule has 1 aliphatic rings. The Hall–Kier alpha value is -1.32. The van der Waals surface area contributed by atoms with Crippen molar-refractivity contribution in [2.75, 3.05) is 6.54 Å². The van der Waals surface area contributed by atoms with Gasteiger partial charge in [0, 0.05) is 33.6 Å². The lowest BCUT2D eigenvalue weighted by Gasteiger charge is -2.03. The van der Waals surface area contributed by atoms with Crippen LogP contribution in [0, 0.1) is 0 Å². The van der Waals surface area contributed by atoms with Crippen LogP contribution in [0.1, 0.15) is 16.0 Å². The van der Waals surface area contributed by atoms with Gasteiger partial charge in [0.15, 0.2) is 0 Å². The quantitative estimate of drug-likeness (QED) is 0.852.